The molecule has 0 unspecified atom stereocenters. The zero-order valence-corrected chi connectivity index (χ0v) is 20.4. The van der Waals surface area contributed by atoms with Gasteiger partial charge in [0, 0.05) is 39.6 Å². The lowest BCUT2D eigenvalue weighted by Crippen LogP contribution is -2.46. The fraction of sp³-hybridized carbons (Fsp3) is 0.905. The maximum Gasteiger partial charge on any atom is 0.220 e. The van der Waals surface area contributed by atoms with Crippen LogP contribution in [-0.4, -0.2) is 74.5 Å². The summed E-state index contributed by atoms with van der Waals surface area (Å²) in [6, 6.07) is 0. The van der Waals surface area contributed by atoms with Crippen LogP contribution in [0.3, 0.4) is 0 Å². The lowest BCUT2D eigenvalue weighted by molar-refractivity contribution is -0.121. The third-order valence-corrected chi connectivity index (χ3v) is 5.84. The number of piperidine rings is 2. The number of aliphatic imine (C=N–C) groups is 1. The predicted molar refractivity (Wildman–Crippen MR) is 129 cm³/mol. The van der Waals surface area contributed by atoms with Crippen molar-refractivity contribution in [2.75, 3.05) is 52.9 Å². The summed E-state index contributed by atoms with van der Waals surface area (Å²) in [4.78, 5) is 21.4. The lowest BCUT2D eigenvalue weighted by atomic mass is 9.93. The van der Waals surface area contributed by atoms with Crippen molar-refractivity contribution in [3.8, 4) is 0 Å². The summed E-state index contributed by atoms with van der Waals surface area (Å²) in [5.74, 6) is 1.74. The van der Waals surface area contributed by atoms with Crippen molar-refractivity contribution < 1.29 is 4.79 Å². The summed E-state index contributed by atoms with van der Waals surface area (Å²) in [6.07, 6.45) is 10.8. The molecule has 2 aliphatic heterocycles. The average Bonchev–Trinajstić information content (AvgIpc) is 2.71. The summed E-state index contributed by atoms with van der Waals surface area (Å²) in [6.45, 7) is 9.84. The van der Waals surface area contributed by atoms with E-state index >= 15 is 0 Å². The highest BCUT2D eigenvalue weighted by atomic mass is 127. The molecule has 0 aromatic rings. The molecule has 0 spiro atoms. The van der Waals surface area contributed by atoms with Gasteiger partial charge in [0.1, 0.15) is 0 Å². The number of rotatable bonds is 9. The van der Waals surface area contributed by atoms with Crippen molar-refractivity contribution in [3.05, 3.63) is 0 Å². The normalized spacial score (nSPS) is 19.2. The zero-order chi connectivity index (χ0) is 19.3. The minimum atomic E-state index is 0. The van der Waals surface area contributed by atoms with Gasteiger partial charge in [-0.1, -0.05) is 12.8 Å². The van der Waals surface area contributed by atoms with Crippen LogP contribution in [0, 0.1) is 5.92 Å². The maximum atomic E-state index is 11.6. The first-order valence-corrected chi connectivity index (χ1v) is 11.2. The number of carbonyl (C=O) groups excluding carboxylic acids is 1. The second kappa shape index (κ2) is 15.3. The molecule has 2 fully saturated rings. The SMILES string of the molecule is CCNC(=NCCCCCN1CCCCC1)N1CCC(CC(=O)NC)CC1.I. The summed E-state index contributed by atoms with van der Waals surface area (Å²) in [7, 11) is 1.72. The average molecular weight is 508 g/mol. The van der Waals surface area contributed by atoms with Crippen LogP contribution in [0.5, 0.6) is 0 Å². The molecule has 2 aliphatic rings. The lowest BCUT2D eigenvalue weighted by Gasteiger charge is -2.34. The molecular weight excluding hydrogens is 465 g/mol. The largest absolute Gasteiger partial charge is 0.359 e. The Balaban J connectivity index is 0.00000392. The number of nitrogens with one attached hydrogen (secondary N) is 2. The predicted octanol–water partition coefficient (Wildman–Crippen LogP) is 3.07. The van der Waals surface area contributed by atoms with Crippen LogP contribution in [0.4, 0.5) is 0 Å². The molecule has 0 aromatic heterocycles. The van der Waals surface area contributed by atoms with Gasteiger partial charge in [-0.2, -0.15) is 0 Å². The summed E-state index contributed by atoms with van der Waals surface area (Å²) in [5, 5.41) is 6.19. The maximum absolute atomic E-state index is 11.6. The van der Waals surface area contributed by atoms with E-state index in [1.807, 2.05) is 0 Å². The molecule has 28 heavy (non-hydrogen) atoms. The minimum absolute atomic E-state index is 0. The highest BCUT2D eigenvalue weighted by molar-refractivity contribution is 14.0. The second-order valence-electron chi connectivity index (χ2n) is 8.01. The van der Waals surface area contributed by atoms with E-state index in [1.54, 1.807) is 7.05 Å². The van der Waals surface area contributed by atoms with Crippen LogP contribution in [0.25, 0.3) is 0 Å². The third-order valence-electron chi connectivity index (χ3n) is 5.84. The molecule has 6 nitrogen and oxygen atoms in total. The van der Waals surface area contributed by atoms with Crippen LogP contribution in [0.2, 0.25) is 0 Å². The molecule has 0 aromatic carbocycles. The molecule has 0 bridgehead atoms. The van der Waals surface area contributed by atoms with Crippen molar-refractivity contribution in [1.82, 2.24) is 20.4 Å². The number of unbranched alkanes of at least 4 members (excludes halogenated alkanes) is 2. The first kappa shape index (κ1) is 25.5. The number of hydrogen-bond acceptors (Lipinski definition) is 3. The highest BCUT2D eigenvalue weighted by Gasteiger charge is 2.22. The van der Waals surface area contributed by atoms with E-state index in [2.05, 4.69) is 27.4 Å². The van der Waals surface area contributed by atoms with E-state index in [1.165, 1.54) is 58.2 Å². The molecule has 1 amide bonds. The smallest absolute Gasteiger partial charge is 0.220 e. The number of likely N-dealkylation sites (tertiary alicyclic amines) is 2. The number of amides is 1. The topological polar surface area (TPSA) is 60.0 Å². The van der Waals surface area contributed by atoms with Crippen LogP contribution in [0.15, 0.2) is 4.99 Å². The van der Waals surface area contributed by atoms with Gasteiger partial charge in [0.05, 0.1) is 0 Å². The first-order valence-electron chi connectivity index (χ1n) is 11.2. The van der Waals surface area contributed by atoms with Crippen molar-refractivity contribution >= 4 is 35.8 Å². The first-order chi connectivity index (χ1) is 13.2. The molecule has 2 heterocycles. The van der Waals surface area contributed by atoms with Gasteiger partial charge in [0.15, 0.2) is 5.96 Å². The fourth-order valence-electron chi connectivity index (χ4n) is 4.13. The standard InChI is InChI=1S/C21H41N5O.HI/c1-3-23-21(26-16-10-19(11-17-26)18-20(27)22-2)24-12-6-4-7-13-25-14-8-5-9-15-25;/h19H,3-18H2,1-2H3,(H,22,27)(H,23,24);1H. The van der Waals surface area contributed by atoms with E-state index in [0.717, 1.165) is 45.0 Å². The van der Waals surface area contributed by atoms with Crippen LogP contribution < -0.4 is 10.6 Å². The molecule has 0 saturated carbocycles. The van der Waals surface area contributed by atoms with Crippen LogP contribution >= 0.6 is 24.0 Å². The molecule has 0 atom stereocenters. The Bertz CT molecular complexity index is 446. The molecule has 0 aliphatic carbocycles. The van der Waals surface area contributed by atoms with Crippen molar-refractivity contribution in [1.29, 1.82) is 0 Å². The monoisotopic (exact) mass is 507 g/mol. The van der Waals surface area contributed by atoms with Gasteiger partial charge in [0.25, 0.3) is 0 Å². The molecule has 7 heteroatoms. The number of halogens is 1. The molecule has 2 saturated heterocycles. The van der Waals surface area contributed by atoms with Crippen LogP contribution in [-0.2, 0) is 4.79 Å². The van der Waals surface area contributed by atoms with Gasteiger partial charge < -0.3 is 20.4 Å². The van der Waals surface area contributed by atoms with Crippen molar-refractivity contribution in [2.24, 2.45) is 10.9 Å². The number of nitrogens with zero attached hydrogens (tertiary/aromatic N) is 3. The van der Waals surface area contributed by atoms with Gasteiger partial charge in [-0.05, 0) is 71.0 Å². The van der Waals surface area contributed by atoms with E-state index in [-0.39, 0.29) is 29.9 Å². The van der Waals surface area contributed by atoms with Gasteiger partial charge in [0.2, 0.25) is 5.91 Å². The van der Waals surface area contributed by atoms with Crippen molar-refractivity contribution in [2.45, 2.75) is 64.7 Å². The fourth-order valence-corrected chi connectivity index (χ4v) is 4.13. The van der Waals surface area contributed by atoms with Gasteiger partial charge in [-0.25, -0.2) is 0 Å². The van der Waals surface area contributed by atoms with Gasteiger partial charge in [-0.15, -0.1) is 24.0 Å². The van der Waals surface area contributed by atoms with E-state index < -0.39 is 0 Å². The summed E-state index contributed by atoms with van der Waals surface area (Å²) >= 11 is 0. The Morgan fingerprint density at radius 2 is 1.75 bits per heavy atom. The number of hydrogen-bond donors (Lipinski definition) is 2. The quantitative estimate of drug-likeness (QED) is 0.218. The minimum Gasteiger partial charge on any atom is -0.359 e. The van der Waals surface area contributed by atoms with E-state index in [4.69, 9.17) is 4.99 Å². The van der Waals surface area contributed by atoms with Gasteiger partial charge in [-0.3, -0.25) is 9.79 Å². The number of guanidine groups is 1. The molecule has 2 rings (SSSR count). The second-order valence-corrected chi connectivity index (χ2v) is 8.01. The van der Waals surface area contributed by atoms with E-state index in [9.17, 15) is 4.79 Å². The van der Waals surface area contributed by atoms with E-state index in [0.29, 0.717) is 12.3 Å². The highest BCUT2D eigenvalue weighted by Crippen LogP contribution is 2.20. The van der Waals surface area contributed by atoms with Crippen LogP contribution in [0.1, 0.15) is 64.7 Å². The summed E-state index contributed by atoms with van der Waals surface area (Å²) in [5.41, 5.74) is 0. The van der Waals surface area contributed by atoms with Gasteiger partial charge >= 0.3 is 0 Å². The molecule has 2 N–H and O–H groups in total. The number of carbonyl (C=O) groups is 1. The Morgan fingerprint density at radius 3 is 2.39 bits per heavy atom. The third kappa shape index (κ3) is 9.76. The van der Waals surface area contributed by atoms with Crippen molar-refractivity contribution in [3.63, 3.8) is 0 Å². The Morgan fingerprint density at radius 1 is 1.04 bits per heavy atom. The molecule has 164 valence electrons. The Hall–Kier alpha value is -0.570. The Kier molecular flexibility index (Phi) is 13.9. The molecular formula is C21H42IN5O. The summed E-state index contributed by atoms with van der Waals surface area (Å²) < 4.78 is 0. The Labute approximate surface area is 189 Å². The zero-order valence-electron chi connectivity index (χ0n) is 18.0. The molecule has 0 radical (unpaired) electrons.